The van der Waals surface area contributed by atoms with Crippen molar-refractivity contribution in [1.29, 1.82) is 0 Å². The molecule has 1 amide bonds. The number of amides is 1. The van der Waals surface area contributed by atoms with Crippen molar-refractivity contribution in [3.05, 3.63) is 82.4 Å². The van der Waals surface area contributed by atoms with Gasteiger partial charge in [-0.1, -0.05) is 18.2 Å². The molecule has 0 saturated heterocycles. The highest BCUT2D eigenvalue weighted by Gasteiger charge is 2.21. The van der Waals surface area contributed by atoms with Crippen molar-refractivity contribution in [3.63, 3.8) is 0 Å². The number of nitrogens with zero attached hydrogens (tertiary/aromatic N) is 2. The minimum atomic E-state index is -0.678. The van der Waals surface area contributed by atoms with Crippen LogP contribution in [-0.4, -0.2) is 34.0 Å². The first-order chi connectivity index (χ1) is 15.5. The number of para-hydroxylation sites is 1. The predicted octanol–water partition coefficient (Wildman–Crippen LogP) is 3.87. The number of ketones is 1. The molecule has 1 aromatic carbocycles. The van der Waals surface area contributed by atoms with Crippen LogP contribution in [0.5, 0.6) is 0 Å². The van der Waals surface area contributed by atoms with Crippen LogP contribution in [0.3, 0.4) is 0 Å². The fourth-order valence-corrected chi connectivity index (χ4v) is 3.82. The molecule has 0 saturated carbocycles. The van der Waals surface area contributed by atoms with Crippen molar-refractivity contribution in [3.8, 4) is 17.1 Å². The van der Waals surface area contributed by atoms with E-state index >= 15 is 0 Å². The first-order valence-corrected chi connectivity index (χ1v) is 10.6. The average molecular weight is 449 g/mol. The van der Waals surface area contributed by atoms with Gasteiger partial charge in [0.25, 0.3) is 0 Å². The molecule has 3 heterocycles. The Labute approximate surface area is 187 Å². The molecule has 0 radical (unpaired) electrons. The Hall–Kier alpha value is -3.98. The second-order valence-corrected chi connectivity index (χ2v) is 7.98. The molecular weight excluding hydrogens is 430 g/mol. The van der Waals surface area contributed by atoms with Gasteiger partial charge in [-0.2, -0.15) is 5.10 Å². The van der Waals surface area contributed by atoms with E-state index in [1.54, 1.807) is 30.3 Å². The van der Waals surface area contributed by atoms with Crippen molar-refractivity contribution in [2.24, 2.45) is 0 Å². The highest BCUT2D eigenvalue weighted by atomic mass is 32.1. The number of benzene rings is 1. The van der Waals surface area contributed by atoms with Gasteiger partial charge in [0, 0.05) is 17.9 Å². The number of Topliss-reactive ketones (excluding diaryl/α,β-unsaturated/α-hetero) is 1. The molecule has 0 aliphatic rings. The van der Waals surface area contributed by atoms with Crippen molar-refractivity contribution in [1.82, 2.24) is 15.1 Å². The lowest BCUT2D eigenvalue weighted by atomic mass is 10.3. The standard InChI is InChI=1S/C23H19N3O5S/c1-15(27)24-13-17-9-10-22(32-17)20(28)14-31-23(29)19-12-18(21-8-5-11-30-21)25-26(19)16-6-3-2-4-7-16/h2-12H,13-14H2,1H3,(H,24,27). The summed E-state index contributed by atoms with van der Waals surface area (Å²) >= 11 is 1.25. The van der Waals surface area contributed by atoms with Crippen LogP contribution in [0, 0.1) is 0 Å². The first-order valence-electron chi connectivity index (χ1n) is 9.74. The lowest BCUT2D eigenvalue weighted by Crippen LogP contribution is -2.18. The smallest absolute Gasteiger partial charge is 0.357 e. The van der Waals surface area contributed by atoms with E-state index in [1.165, 1.54) is 29.2 Å². The van der Waals surface area contributed by atoms with Crippen molar-refractivity contribution >= 4 is 29.0 Å². The Morgan fingerprint density at radius 3 is 2.62 bits per heavy atom. The highest BCUT2D eigenvalue weighted by Crippen LogP contribution is 2.23. The zero-order chi connectivity index (χ0) is 22.5. The van der Waals surface area contributed by atoms with Gasteiger partial charge in [-0.3, -0.25) is 9.59 Å². The van der Waals surface area contributed by atoms with Gasteiger partial charge in [0.05, 0.1) is 23.4 Å². The van der Waals surface area contributed by atoms with Gasteiger partial charge >= 0.3 is 5.97 Å². The molecule has 0 atom stereocenters. The summed E-state index contributed by atoms with van der Waals surface area (Å²) in [7, 11) is 0. The lowest BCUT2D eigenvalue weighted by Gasteiger charge is -2.07. The molecule has 0 fully saturated rings. The molecular formula is C23H19N3O5S. The number of carbonyl (C=O) groups is 3. The van der Waals surface area contributed by atoms with Gasteiger partial charge in [0.1, 0.15) is 5.69 Å². The number of nitrogens with one attached hydrogen (secondary N) is 1. The number of furan rings is 1. The molecule has 8 nitrogen and oxygen atoms in total. The fraction of sp³-hybridized carbons (Fsp3) is 0.130. The van der Waals surface area contributed by atoms with E-state index in [9.17, 15) is 14.4 Å². The van der Waals surface area contributed by atoms with E-state index in [0.29, 0.717) is 28.6 Å². The molecule has 162 valence electrons. The molecule has 4 rings (SSSR count). The largest absolute Gasteiger partial charge is 0.463 e. The van der Waals surface area contributed by atoms with E-state index in [0.717, 1.165) is 4.88 Å². The van der Waals surface area contributed by atoms with Gasteiger partial charge in [-0.05, 0) is 36.4 Å². The number of carbonyl (C=O) groups excluding carboxylic acids is 3. The van der Waals surface area contributed by atoms with E-state index in [1.807, 2.05) is 30.3 Å². The molecule has 0 spiro atoms. The van der Waals surface area contributed by atoms with E-state index < -0.39 is 12.6 Å². The predicted molar refractivity (Wildman–Crippen MR) is 118 cm³/mol. The van der Waals surface area contributed by atoms with E-state index in [4.69, 9.17) is 9.15 Å². The molecule has 0 aliphatic heterocycles. The van der Waals surface area contributed by atoms with Crippen LogP contribution < -0.4 is 5.32 Å². The number of esters is 1. The molecule has 32 heavy (non-hydrogen) atoms. The summed E-state index contributed by atoms with van der Waals surface area (Å²) in [6.07, 6.45) is 1.52. The zero-order valence-electron chi connectivity index (χ0n) is 17.1. The zero-order valence-corrected chi connectivity index (χ0v) is 17.9. The van der Waals surface area contributed by atoms with Gasteiger partial charge in [0.2, 0.25) is 11.7 Å². The second-order valence-electron chi connectivity index (χ2n) is 6.81. The van der Waals surface area contributed by atoms with Gasteiger partial charge < -0.3 is 14.5 Å². The minimum Gasteiger partial charge on any atom is -0.463 e. The topological polar surface area (TPSA) is 103 Å². The third kappa shape index (κ3) is 4.84. The molecule has 0 unspecified atom stereocenters. The minimum absolute atomic E-state index is 0.149. The van der Waals surface area contributed by atoms with Crippen LogP contribution in [0.25, 0.3) is 17.1 Å². The highest BCUT2D eigenvalue weighted by molar-refractivity contribution is 7.14. The quantitative estimate of drug-likeness (QED) is 0.324. The maximum absolute atomic E-state index is 12.8. The summed E-state index contributed by atoms with van der Waals surface area (Å²) in [5.74, 6) is -0.642. The number of hydrogen-bond donors (Lipinski definition) is 1. The number of thiophene rings is 1. The molecule has 9 heteroatoms. The Morgan fingerprint density at radius 1 is 1.09 bits per heavy atom. The van der Waals surface area contributed by atoms with Crippen molar-refractivity contribution < 1.29 is 23.5 Å². The summed E-state index contributed by atoms with van der Waals surface area (Å²) in [5.41, 5.74) is 1.32. The SMILES string of the molecule is CC(=O)NCc1ccc(C(=O)COC(=O)c2cc(-c3ccco3)nn2-c2ccccc2)s1. The molecule has 0 bridgehead atoms. The summed E-state index contributed by atoms with van der Waals surface area (Å²) in [6, 6.07) is 17.6. The fourth-order valence-electron chi connectivity index (χ4n) is 2.95. The number of ether oxygens (including phenoxy) is 1. The van der Waals surface area contributed by atoms with Gasteiger partial charge in [0.15, 0.2) is 18.1 Å². The third-order valence-corrected chi connectivity index (χ3v) is 5.60. The van der Waals surface area contributed by atoms with E-state index in [2.05, 4.69) is 10.4 Å². The monoisotopic (exact) mass is 449 g/mol. The van der Waals surface area contributed by atoms with Crippen LogP contribution in [0.2, 0.25) is 0 Å². The molecule has 3 aromatic heterocycles. The van der Waals surface area contributed by atoms with Crippen molar-refractivity contribution in [2.75, 3.05) is 6.61 Å². The summed E-state index contributed by atoms with van der Waals surface area (Å²) < 4.78 is 12.2. The molecule has 4 aromatic rings. The lowest BCUT2D eigenvalue weighted by molar-refractivity contribution is -0.119. The first kappa shape index (κ1) is 21.3. The van der Waals surface area contributed by atoms with E-state index in [-0.39, 0.29) is 17.4 Å². The van der Waals surface area contributed by atoms with Gasteiger partial charge in [-0.25, -0.2) is 9.48 Å². The van der Waals surface area contributed by atoms with Crippen molar-refractivity contribution in [2.45, 2.75) is 13.5 Å². The Kier molecular flexibility index (Phi) is 6.27. The molecule has 0 aliphatic carbocycles. The van der Waals surface area contributed by atoms with Gasteiger partial charge in [-0.15, -0.1) is 11.3 Å². The Bertz CT molecular complexity index is 1240. The van der Waals surface area contributed by atoms with Crippen LogP contribution in [0.4, 0.5) is 0 Å². The average Bonchev–Trinajstić information content (AvgIpc) is 3.56. The normalized spacial score (nSPS) is 10.7. The maximum atomic E-state index is 12.8. The van der Waals surface area contributed by atoms with Crippen LogP contribution in [-0.2, 0) is 16.1 Å². The number of aromatic nitrogens is 2. The van der Waals surface area contributed by atoms with Crippen LogP contribution in [0.1, 0.15) is 32.0 Å². The summed E-state index contributed by atoms with van der Waals surface area (Å²) in [5, 5.41) is 7.15. The maximum Gasteiger partial charge on any atom is 0.357 e. The molecule has 1 N–H and O–H groups in total. The third-order valence-electron chi connectivity index (χ3n) is 4.48. The summed E-state index contributed by atoms with van der Waals surface area (Å²) in [6.45, 7) is 1.37. The number of hydrogen-bond acceptors (Lipinski definition) is 7. The second kappa shape index (κ2) is 9.44. The Morgan fingerprint density at radius 2 is 1.91 bits per heavy atom. The Balaban J connectivity index is 1.49. The van der Waals surface area contributed by atoms with Crippen LogP contribution >= 0.6 is 11.3 Å². The van der Waals surface area contributed by atoms with Crippen LogP contribution in [0.15, 0.2) is 71.3 Å². The number of rotatable bonds is 8. The summed E-state index contributed by atoms with van der Waals surface area (Å²) in [4.78, 5) is 37.6.